The fourth-order valence-corrected chi connectivity index (χ4v) is 3.34. The number of halogens is 1. The molecule has 0 radical (unpaired) electrons. The van der Waals surface area contributed by atoms with Crippen LogP contribution in [-0.4, -0.2) is 31.3 Å². The minimum Gasteiger partial charge on any atom is -0.324 e. The average molecular weight is 422 g/mol. The Labute approximate surface area is 174 Å². The topological polar surface area (TPSA) is 102 Å². The Bertz CT molecular complexity index is 1170. The molecule has 3 aromatic heterocycles. The van der Waals surface area contributed by atoms with Crippen LogP contribution in [0.25, 0.3) is 5.82 Å². The molecule has 0 spiro atoms. The first-order chi connectivity index (χ1) is 14.6. The van der Waals surface area contributed by atoms with Crippen LogP contribution < -0.4 is 10.6 Å². The smallest absolute Gasteiger partial charge is 0.260 e. The van der Waals surface area contributed by atoms with Gasteiger partial charge in [-0.15, -0.1) is 11.3 Å². The molecular formula is C20H15FN6O2S. The molecular weight excluding hydrogens is 407 g/mol. The van der Waals surface area contributed by atoms with Crippen LogP contribution in [0, 0.1) is 5.82 Å². The van der Waals surface area contributed by atoms with E-state index in [1.165, 1.54) is 18.2 Å². The van der Waals surface area contributed by atoms with Crippen molar-refractivity contribution in [1.29, 1.82) is 0 Å². The molecule has 2 N–H and O–H groups in total. The van der Waals surface area contributed by atoms with Gasteiger partial charge in [-0.05, 0) is 24.3 Å². The van der Waals surface area contributed by atoms with Crippen LogP contribution in [0.3, 0.4) is 0 Å². The molecule has 0 saturated carbocycles. The molecule has 0 saturated heterocycles. The van der Waals surface area contributed by atoms with Crippen molar-refractivity contribution < 1.29 is 14.0 Å². The second kappa shape index (κ2) is 8.62. The highest BCUT2D eigenvalue weighted by molar-refractivity contribution is 7.14. The summed E-state index contributed by atoms with van der Waals surface area (Å²) in [5.41, 5.74) is 0.968. The zero-order chi connectivity index (χ0) is 20.9. The number of carbonyl (C=O) groups excluding carboxylic acids is 2. The number of rotatable bonds is 6. The Morgan fingerprint density at radius 1 is 1.13 bits per heavy atom. The zero-order valence-electron chi connectivity index (χ0n) is 15.4. The summed E-state index contributed by atoms with van der Waals surface area (Å²) < 4.78 is 15.4. The number of amides is 2. The van der Waals surface area contributed by atoms with E-state index in [2.05, 4.69) is 25.6 Å². The van der Waals surface area contributed by atoms with Gasteiger partial charge in [-0.2, -0.15) is 0 Å². The van der Waals surface area contributed by atoms with Crippen molar-refractivity contribution >= 4 is 34.0 Å². The number of thiazole rings is 1. The third-order valence-corrected chi connectivity index (χ3v) is 4.84. The van der Waals surface area contributed by atoms with Crippen molar-refractivity contribution in [2.24, 2.45) is 0 Å². The van der Waals surface area contributed by atoms with Crippen molar-refractivity contribution in [2.75, 3.05) is 10.6 Å². The van der Waals surface area contributed by atoms with E-state index in [1.54, 1.807) is 53.1 Å². The normalized spacial score (nSPS) is 10.6. The molecule has 1 aromatic carbocycles. The molecule has 3 heterocycles. The van der Waals surface area contributed by atoms with Gasteiger partial charge in [-0.1, -0.05) is 12.1 Å². The fraction of sp³-hybridized carbons (Fsp3) is 0.0500. The van der Waals surface area contributed by atoms with Crippen molar-refractivity contribution in [3.05, 3.63) is 83.8 Å². The summed E-state index contributed by atoms with van der Waals surface area (Å²) in [6.07, 6.45) is 6.62. The number of hydrogen-bond acceptors (Lipinski definition) is 6. The molecule has 10 heteroatoms. The fourth-order valence-electron chi connectivity index (χ4n) is 2.63. The van der Waals surface area contributed by atoms with Gasteiger partial charge in [0.05, 0.1) is 29.6 Å². The molecule has 8 nitrogen and oxygen atoms in total. The molecule has 0 bridgehead atoms. The maximum absolute atomic E-state index is 13.7. The highest BCUT2D eigenvalue weighted by atomic mass is 32.1. The van der Waals surface area contributed by atoms with Crippen LogP contribution >= 0.6 is 11.3 Å². The monoisotopic (exact) mass is 422 g/mol. The van der Waals surface area contributed by atoms with Gasteiger partial charge in [-0.25, -0.2) is 19.3 Å². The highest BCUT2D eigenvalue weighted by Gasteiger charge is 2.14. The predicted octanol–water partition coefficient (Wildman–Crippen LogP) is 3.30. The first kappa shape index (κ1) is 19.4. The number of pyridine rings is 1. The second-order valence-electron chi connectivity index (χ2n) is 6.18. The average Bonchev–Trinajstić information content (AvgIpc) is 3.41. The molecule has 30 heavy (non-hydrogen) atoms. The molecule has 2 amide bonds. The molecule has 0 fully saturated rings. The molecule has 4 aromatic rings. The largest absolute Gasteiger partial charge is 0.324 e. The van der Waals surface area contributed by atoms with E-state index < -0.39 is 11.7 Å². The summed E-state index contributed by atoms with van der Waals surface area (Å²) in [6, 6.07) is 9.18. The van der Waals surface area contributed by atoms with Crippen LogP contribution in [0.15, 0.2) is 66.7 Å². The zero-order valence-corrected chi connectivity index (χ0v) is 16.3. The van der Waals surface area contributed by atoms with Gasteiger partial charge in [0.15, 0.2) is 5.13 Å². The van der Waals surface area contributed by atoms with E-state index in [0.29, 0.717) is 17.2 Å². The Kier molecular flexibility index (Phi) is 5.57. The quantitative estimate of drug-likeness (QED) is 0.496. The van der Waals surface area contributed by atoms with E-state index in [4.69, 9.17) is 0 Å². The van der Waals surface area contributed by atoms with Crippen molar-refractivity contribution in [3.63, 3.8) is 0 Å². The van der Waals surface area contributed by atoms with Gasteiger partial charge in [0, 0.05) is 17.8 Å². The minimum absolute atomic E-state index is 0.0232. The third-order valence-electron chi connectivity index (χ3n) is 4.03. The molecule has 0 aliphatic rings. The summed E-state index contributed by atoms with van der Waals surface area (Å²) in [6.45, 7) is 0. The van der Waals surface area contributed by atoms with Crippen LogP contribution in [0.4, 0.5) is 15.2 Å². The lowest BCUT2D eigenvalue weighted by Gasteiger charge is -2.05. The summed E-state index contributed by atoms with van der Waals surface area (Å²) >= 11 is 1.16. The van der Waals surface area contributed by atoms with E-state index in [9.17, 15) is 14.0 Å². The lowest BCUT2D eigenvalue weighted by molar-refractivity contribution is -0.115. The number of carbonyl (C=O) groups is 2. The lowest BCUT2D eigenvalue weighted by Crippen LogP contribution is -2.15. The first-order valence-corrected chi connectivity index (χ1v) is 9.71. The van der Waals surface area contributed by atoms with Gasteiger partial charge in [0.2, 0.25) is 5.91 Å². The van der Waals surface area contributed by atoms with Crippen LogP contribution in [0.1, 0.15) is 16.1 Å². The number of benzene rings is 1. The van der Waals surface area contributed by atoms with Crippen LogP contribution in [-0.2, 0) is 11.2 Å². The summed E-state index contributed by atoms with van der Waals surface area (Å²) in [5.74, 6) is -0.800. The van der Waals surface area contributed by atoms with Crippen molar-refractivity contribution in [3.8, 4) is 5.82 Å². The first-order valence-electron chi connectivity index (χ1n) is 8.83. The van der Waals surface area contributed by atoms with Gasteiger partial charge in [0.25, 0.3) is 5.91 Å². The maximum atomic E-state index is 13.7. The standard InChI is InChI=1S/C20H15FN6O2S/c21-16-4-2-1-3-15(16)19(29)26-20-25-14(11-30-20)9-18(28)24-13-5-6-17(23-10-13)27-8-7-22-12-27/h1-8,10-12H,9H2,(H,24,28)(H,25,26,29). The number of aromatic nitrogens is 4. The number of nitrogens with zero attached hydrogens (tertiary/aromatic N) is 4. The Balaban J connectivity index is 1.34. The number of imidazole rings is 1. The maximum Gasteiger partial charge on any atom is 0.260 e. The summed E-state index contributed by atoms with van der Waals surface area (Å²) in [7, 11) is 0. The van der Waals surface area contributed by atoms with Gasteiger partial charge in [0.1, 0.15) is 18.0 Å². The molecule has 0 atom stereocenters. The molecule has 0 aliphatic carbocycles. The van der Waals surface area contributed by atoms with E-state index in [1.807, 2.05) is 0 Å². The lowest BCUT2D eigenvalue weighted by atomic mass is 10.2. The molecule has 150 valence electrons. The third kappa shape index (κ3) is 4.55. The minimum atomic E-state index is -0.612. The Morgan fingerprint density at radius 2 is 2.00 bits per heavy atom. The molecule has 0 aliphatic heterocycles. The summed E-state index contributed by atoms with van der Waals surface area (Å²) in [5, 5.41) is 7.24. The predicted molar refractivity (Wildman–Crippen MR) is 110 cm³/mol. The SMILES string of the molecule is O=C(Cc1csc(NC(=O)c2ccccc2F)n1)Nc1ccc(-n2ccnc2)nc1. The number of nitrogens with one attached hydrogen (secondary N) is 2. The van der Waals surface area contributed by atoms with E-state index in [0.717, 1.165) is 11.3 Å². The molecule has 0 unspecified atom stereocenters. The van der Waals surface area contributed by atoms with E-state index in [-0.39, 0.29) is 23.0 Å². The number of hydrogen-bond donors (Lipinski definition) is 2. The Morgan fingerprint density at radius 3 is 2.73 bits per heavy atom. The van der Waals surface area contributed by atoms with Crippen molar-refractivity contribution in [1.82, 2.24) is 19.5 Å². The number of anilines is 2. The van der Waals surface area contributed by atoms with Gasteiger partial charge < -0.3 is 5.32 Å². The van der Waals surface area contributed by atoms with E-state index >= 15 is 0 Å². The Hall–Kier alpha value is -3.92. The van der Waals surface area contributed by atoms with Crippen LogP contribution in [0.5, 0.6) is 0 Å². The second-order valence-corrected chi connectivity index (χ2v) is 7.04. The van der Waals surface area contributed by atoms with Gasteiger partial charge in [-0.3, -0.25) is 19.5 Å². The van der Waals surface area contributed by atoms with Gasteiger partial charge >= 0.3 is 0 Å². The highest BCUT2D eigenvalue weighted by Crippen LogP contribution is 2.18. The molecule has 4 rings (SSSR count). The van der Waals surface area contributed by atoms with Crippen molar-refractivity contribution in [2.45, 2.75) is 6.42 Å². The van der Waals surface area contributed by atoms with Crippen LogP contribution in [0.2, 0.25) is 0 Å². The summed E-state index contributed by atoms with van der Waals surface area (Å²) in [4.78, 5) is 36.9.